The van der Waals surface area contributed by atoms with Crippen molar-refractivity contribution in [1.29, 1.82) is 0 Å². The first-order valence-corrected chi connectivity index (χ1v) is 4.78. The van der Waals surface area contributed by atoms with Crippen LogP contribution in [0, 0.1) is 40.5 Å². The van der Waals surface area contributed by atoms with Crippen molar-refractivity contribution in [2.24, 2.45) is 0 Å². The van der Waals surface area contributed by atoms with Crippen molar-refractivity contribution in [3.05, 3.63) is 40.5 Å². The first-order valence-electron chi connectivity index (χ1n) is 4.78. The minimum Gasteiger partial charge on any atom is -0.365 e. The van der Waals surface area contributed by atoms with Crippen LogP contribution in [0.2, 0.25) is 0 Å². The summed E-state index contributed by atoms with van der Waals surface area (Å²) in [5.74, 6) is 0. The first kappa shape index (κ1) is 17.5. The van der Waals surface area contributed by atoms with Crippen molar-refractivity contribution in [1.82, 2.24) is 0 Å². The lowest BCUT2D eigenvalue weighted by atomic mass is 10.1. The number of hydrogen-bond acceptors (Lipinski definition) is 10. The van der Waals surface area contributed by atoms with Crippen LogP contribution in [-0.2, 0) is 9.47 Å². The highest BCUT2D eigenvalue weighted by molar-refractivity contribution is 4.76. The van der Waals surface area contributed by atoms with Gasteiger partial charge in [-0.3, -0.25) is 40.5 Å². The van der Waals surface area contributed by atoms with E-state index in [0.29, 0.717) is 0 Å². The normalized spacial score (nSPS) is 14.0. The van der Waals surface area contributed by atoms with Gasteiger partial charge in [-0.25, -0.2) is 0 Å². The SMILES string of the molecule is COC(C(OC)C([N+](=O)[O-])[N+](=O)[O-])C([N+](=O)[O-])[N+](=O)[O-]. The van der Waals surface area contributed by atoms with Crippen LogP contribution in [-0.4, -0.2) is 58.5 Å². The summed E-state index contributed by atoms with van der Waals surface area (Å²) in [6.45, 7) is 0. The molecule has 0 saturated carbocycles. The second-order valence-corrected chi connectivity index (χ2v) is 3.37. The molecule has 0 rings (SSSR count). The average Bonchev–Trinajstić information content (AvgIpc) is 2.30. The number of hydrogen-bond donors (Lipinski definition) is 0. The van der Waals surface area contributed by atoms with Crippen LogP contribution >= 0.6 is 0 Å². The van der Waals surface area contributed by atoms with E-state index < -0.39 is 44.2 Å². The second-order valence-electron chi connectivity index (χ2n) is 3.37. The summed E-state index contributed by atoms with van der Waals surface area (Å²) < 4.78 is 8.90. The van der Waals surface area contributed by atoms with E-state index in [2.05, 4.69) is 9.47 Å². The molecule has 2 unspecified atom stereocenters. The number of rotatable bonds is 9. The Kier molecular flexibility index (Phi) is 6.30. The zero-order valence-corrected chi connectivity index (χ0v) is 10.2. The largest absolute Gasteiger partial charge is 0.479 e. The fraction of sp³-hybridized carbons (Fsp3) is 1.00. The molecule has 0 heterocycles. The summed E-state index contributed by atoms with van der Waals surface area (Å²) in [4.78, 5) is 36.9. The maximum Gasteiger partial charge on any atom is 0.479 e. The van der Waals surface area contributed by atoms with E-state index in [-0.39, 0.29) is 0 Å². The Morgan fingerprint density at radius 3 is 0.950 bits per heavy atom. The Bertz CT molecular complexity index is 347. The second kappa shape index (κ2) is 7.19. The standard InChI is InChI=1S/C6H10N4O10/c1-19-3(5(7(11)12)8(13)14)4(20-2)6(9(15)16)10(17)18/h3-6H,1-2H3. The molecule has 0 aromatic heterocycles. The summed E-state index contributed by atoms with van der Waals surface area (Å²) in [5, 5.41) is 42.5. The topological polar surface area (TPSA) is 191 Å². The van der Waals surface area contributed by atoms with Crippen molar-refractivity contribution in [2.45, 2.75) is 24.5 Å². The van der Waals surface area contributed by atoms with E-state index >= 15 is 0 Å². The summed E-state index contributed by atoms with van der Waals surface area (Å²) in [5.41, 5.74) is 0. The van der Waals surface area contributed by atoms with Gasteiger partial charge in [-0.05, 0) is 0 Å². The lowest BCUT2D eigenvalue weighted by molar-refractivity contribution is -0.774. The molecule has 20 heavy (non-hydrogen) atoms. The lowest BCUT2D eigenvalue weighted by Crippen LogP contribution is -2.56. The highest BCUT2D eigenvalue weighted by atomic mass is 16.7. The van der Waals surface area contributed by atoms with E-state index in [9.17, 15) is 40.5 Å². The zero-order chi connectivity index (χ0) is 16.0. The molecule has 14 nitrogen and oxygen atoms in total. The molecule has 0 aliphatic carbocycles. The van der Waals surface area contributed by atoms with Crippen molar-refractivity contribution < 1.29 is 29.2 Å². The van der Waals surface area contributed by atoms with E-state index in [0.717, 1.165) is 14.2 Å². The Morgan fingerprint density at radius 2 is 0.850 bits per heavy atom. The fourth-order valence-electron chi connectivity index (χ4n) is 1.48. The van der Waals surface area contributed by atoms with Crippen molar-refractivity contribution in [3.63, 3.8) is 0 Å². The van der Waals surface area contributed by atoms with Gasteiger partial charge in [-0.1, -0.05) is 0 Å². The lowest BCUT2D eigenvalue weighted by Gasteiger charge is -2.20. The van der Waals surface area contributed by atoms with Crippen LogP contribution in [0.4, 0.5) is 0 Å². The van der Waals surface area contributed by atoms with Crippen LogP contribution < -0.4 is 0 Å². The zero-order valence-electron chi connectivity index (χ0n) is 10.2. The van der Waals surface area contributed by atoms with Crippen LogP contribution in [0.3, 0.4) is 0 Å². The Hall–Kier alpha value is -2.48. The fourth-order valence-corrected chi connectivity index (χ4v) is 1.48. The molecule has 0 aromatic carbocycles. The molecule has 14 heteroatoms. The monoisotopic (exact) mass is 298 g/mol. The van der Waals surface area contributed by atoms with Gasteiger partial charge in [0, 0.05) is 14.2 Å². The van der Waals surface area contributed by atoms with Crippen LogP contribution in [0.15, 0.2) is 0 Å². The van der Waals surface area contributed by atoms with Crippen molar-refractivity contribution >= 4 is 0 Å². The van der Waals surface area contributed by atoms with E-state index in [1.807, 2.05) is 0 Å². The number of nitro groups is 4. The molecule has 0 radical (unpaired) electrons. The molecule has 0 fully saturated rings. The van der Waals surface area contributed by atoms with Crippen LogP contribution in [0.25, 0.3) is 0 Å². The smallest absolute Gasteiger partial charge is 0.365 e. The minimum atomic E-state index is -2.65. The van der Waals surface area contributed by atoms with Crippen molar-refractivity contribution in [2.75, 3.05) is 14.2 Å². The van der Waals surface area contributed by atoms with E-state index in [1.165, 1.54) is 0 Å². The molecule has 2 atom stereocenters. The Labute approximate surface area is 109 Å². The number of nitrogens with zero attached hydrogens (tertiary/aromatic N) is 4. The molecule has 0 spiro atoms. The molecule has 0 aromatic rings. The molecule has 0 bridgehead atoms. The molecular formula is C6H10N4O10. The molecule has 0 amide bonds. The van der Waals surface area contributed by atoms with Gasteiger partial charge in [0.2, 0.25) is 12.2 Å². The molecule has 0 aliphatic heterocycles. The molecular weight excluding hydrogens is 288 g/mol. The average molecular weight is 298 g/mol. The summed E-state index contributed by atoms with van der Waals surface area (Å²) in [6, 6.07) is 0. The quantitative estimate of drug-likeness (QED) is 0.283. The first-order chi connectivity index (χ1) is 9.18. The van der Waals surface area contributed by atoms with E-state index in [1.54, 1.807) is 0 Å². The van der Waals surface area contributed by atoms with E-state index in [4.69, 9.17) is 0 Å². The minimum absolute atomic E-state index is 0.785. The summed E-state index contributed by atoms with van der Waals surface area (Å²) >= 11 is 0. The van der Waals surface area contributed by atoms with Gasteiger partial charge in [0.05, 0.1) is 19.7 Å². The van der Waals surface area contributed by atoms with Gasteiger partial charge in [0.1, 0.15) is 0 Å². The molecule has 114 valence electrons. The van der Waals surface area contributed by atoms with Gasteiger partial charge in [0.15, 0.2) is 0 Å². The van der Waals surface area contributed by atoms with Gasteiger partial charge in [-0.15, -0.1) is 0 Å². The predicted molar refractivity (Wildman–Crippen MR) is 57.1 cm³/mol. The number of ether oxygens (including phenoxy) is 2. The Morgan fingerprint density at radius 1 is 0.650 bits per heavy atom. The molecule has 0 aliphatic rings. The Balaban J connectivity index is 5.65. The summed E-state index contributed by atoms with van der Waals surface area (Å²) in [7, 11) is 1.57. The van der Waals surface area contributed by atoms with Gasteiger partial charge < -0.3 is 9.47 Å². The van der Waals surface area contributed by atoms with Crippen LogP contribution in [0.1, 0.15) is 0 Å². The number of methoxy groups -OCH3 is 2. The molecule has 0 saturated heterocycles. The molecule has 0 N–H and O–H groups in total. The van der Waals surface area contributed by atoms with Gasteiger partial charge in [0.25, 0.3) is 0 Å². The third-order valence-corrected chi connectivity index (χ3v) is 2.32. The third-order valence-electron chi connectivity index (χ3n) is 2.32. The predicted octanol–water partition coefficient (Wildman–Crippen LogP) is -1.22. The maximum absolute atomic E-state index is 10.6. The highest BCUT2D eigenvalue weighted by Crippen LogP contribution is 2.17. The third kappa shape index (κ3) is 3.75. The van der Waals surface area contributed by atoms with Crippen LogP contribution in [0.5, 0.6) is 0 Å². The van der Waals surface area contributed by atoms with Gasteiger partial charge in [-0.2, -0.15) is 0 Å². The van der Waals surface area contributed by atoms with Gasteiger partial charge >= 0.3 is 12.3 Å². The van der Waals surface area contributed by atoms with Crippen molar-refractivity contribution in [3.8, 4) is 0 Å². The highest BCUT2D eigenvalue weighted by Gasteiger charge is 2.58. The maximum atomic E-state index is 10.6. The summed E-state index contributed by atoms with van der Waals surface area (Å²) in [6.07, 6.45) is -9.53.